The number of anilines is 1. The molecule has 0 atom stereocenters. The zero-order valence-corrected chi connectivity index (χ0v) is 12.6. The third-order valence-electron chi connectivity index (χ3n) is 3.27. The fourth-order valence-electron chi connectivity index (χ4n) is 2.35. The number of benzene rings is 1. The summed E-state index contributed by atoms with van der Waals surface area (Å²) in [4.78, 5) is 4.15. The van der Waals surface area contributed by atoms with E-state index in [0.29, 0.717) is 5.15 Å². The van der Waals surface area contributed by atoms with Crippen LogP contribution in [-0.4, -0.2) is 4.98 Å². The Morgan fingerprint density at radius 2 is 1.63 bits per heavy atom. The maximum absolute atomic E-state index is 6.09. The molecular formula is C16H19ClN2. The molecule has 0 aliphatic carbocycles. The highest BCUT2D eigenvalue weighted by Crippen LogP contribution is 2.22. The maximum Gasteiger partial charge on any atom is 0.152 e. The summed E-state index contributed by atoms with van der Waals surface area (Å²) in [5.41, 5.74) is 7.23. The number of rotatable bonds is 3. The number of hydrogen-bond donors (Lipinski definition) is 1. The highest BCUT2D eigenvalue weighted by molar-refractivity contribution is 6.31. The zero-order valence-electron chi connectivity index (χ0n) is 11.8. The summed E-state index contributed by atoms with van der Waals surface area (Å²) in [5.74, 6) is 0. The van der Waals surface area contributed by atoms with Gasteiger partial charge in [-0.15, -0.1) is 0 Å². The van der Waals surface area contributed by atoms with Crippen LogP contribution in [0.15, 0.2) is 24.4 Å². The smallest absolute Gasteiger partial charge is 0.152 e. The zero-order chi connectivity index (χ0) is 14.0. The van der Waals surface area contributed by atoms with Crippen molar-refractivity contribution in [1.82, 2.24) is 4.98 Å². The van der Waals surface area contributed by atoms with Gasteiger partial charge in [-0.25, -0.2) is 4.98 Å². The van der Waals surface area contributed by atoms with Crippen LogP contribution >= 0.6 is 11.6 Å². The quantitative estimate of drug-likeness (QED) is 0.829. The Kier molecular flexibility index (Phi) is 4.11. The highest BCUT2D eigenvalue weighted by Gasteiger charge is 2.06. The number of pyridine rings is 1. The lowest BCUT2D eigenvalue weighted by molar-refractivity contribution is 1.07. The van der Waals surface area contributed by atoms with Crippen molar-refractivity contribution < 1.29 is 0 Å². The van der Waals surface area contributed by atoms with Crippen LogP contribution in [0.3, 0.4) is 0 Å². The number of aromatic nitrogens is 1. The minimum atomic E-state index is 0.521. The van der Waals surface area contributed by atoms with Gasteiger partial charge < -0.3 is 5.32 Å². The summed E-state index contributed by atoms with van der Waals surface area (Å²) in [7, 11) is 0. The Morgan fingerprint density at radius 3 is 2.26 bits per heavy atom. The number of nitrogens with one attached hydrogen (secondary N) is 1. The van der Waals surface area contributed by atoms with Crippen LogP contribution in [0.2, 0.25) is 5.15 Å². The number of nitrogens with zero attached hydrogens (tertiary/aromatic N) is 1. The summed E-state index contributed by atoms with van der Waals surface area (Å²) >= 11 is 6.09. The third-order valence-corrected chi connectivity index (χ3v) is 3.57. The molecule has 0 saturated heterocycles. The fraction of sp³-hybridized carbons (Fsp3) is 0.312. The van der Waals surface area contributed by atoms with Crippen molar-refractivity contribution in [2.24, 2.45) is 0 Å². The van der Waals surface area contributed by atoms with E-state index in [-0.39, 0.29) is 0 Å². The first-order valence-corrected chi connectivity index (χ1v) is 6.78. The lowest BCUT2D eigenvalue weighted by atomic mass is 10.00. The fourth-order valence-corrected chi connectivity index (χ4v) is 2.52. The molecule has 0 aliphatic rings. The Bertz CT molecular complexity index is 583. The summed E-state index contributed by atoms with van der Waals surface area (Å²) in [6, 6.07) is 6.44. The van der Waals surface area contributed by atoms with Crippen LogP contribution in [0, 0.1) is 27.7 Å². The molecule has 2 nitrogen and oxygen atoms in total. The molecular weight excluding hydrogens is 256 g/mol. The van der Waals surface area contributed by atoms with Crippen LogP contribution in [0.25, 0.3) is 0 Å². The molecule has 0 amide bonds. The molecule has 1 aromatic carbocycles. The number of aryl methyl sites for hydroxylation is 4. The average molecular weight is 275 g/mol. The Balaban J connectivity index is 2.21. The second kappa shape index (κ2) is 5.62. The summed E-state index contributed by atoms with van der Waals surface area (Å²) in [6.07, 6.45) is 1.77. The molecule has 1 heterocycles. The van der Waals surface area contributed by atoms with Crippen LogP contribution in [0.5, 0.6) is 0 Å². The van der Waals surface area contributed by atoms with E-state index in [1.807, 2.05) is 13.0 Å². The normalized spacial score (nSPS) is 10.6. The van der Waals surface area contributed by atoms with Crippen molar-refractivity contribution in [3.05, 3.63) is 57.4 Å². The first-order valence-electron chi connectivity index (χ1n) is 6.40. The van der Waals surface area contributed by atoms with Crippen molar-refractivity contribution in [1.29, 1.82) is 0 Å². The van der Waals surface area contributed by atoms with Gasteiger partial charge in [-0.2, -0.15) is 0 Å². The lowest BCUT2D eigenvalue weighted by Crippen LogP contribution is -2.05. The molecule has 19 heavy (non-hydrogen) atoms. The topological polar surface area (TPSA) is 24.9 Å². The van der Waals surface area contributed by atoms with Gasteiger partial charge in [0.15, 0.2) is 5.15 Å². The van der Waals surface area contributed by atoms with Crippen LogP contribution in [0.4, 0.5) is 5.69 Å². The van der Waals surface area contributed by atoms with Gasteiger partial charge in [0.2, 0.25) is 0 Å². The number of hydrogen-bond acceptors (Lipinski definition) is 2. The van der Waals surface area contributed by atoms with Crippen molar-refractivity contribution in [2.75, 3.05) is 5.32 Å². The largest absolute Gasteiger partial charge is 0.378 e. The molecule has 0 radical (unpaired) electrons. The second-order valence-electron chi connectivity index (χ2n) is 5.08. The Labute approximate surface area is 119 Å². The van der Waals surface area contributed by atoms with E-state index < -0.39 is 0 Å². The van der Waals surface area contributed by atoms with Crippen molar-refractivity contribution >= 4 is 17.3 Å². The number of halogens is 1. The van der Waals surface area contributed by atoms with Gasteiger partial charge in [-0.05, 0) is 56.0 Å². The summed E-state index contributed by atoms with van der Waals surface area (Å²) < 4.78 is 0. The van der Waals surface area contributed by atoms with Crippen molar-refractivity contribution in [3.63, 3.8) is 0 Å². The monoisotopic (exact) mass is 274 g/mol. The molecule has 0 aliphatic heterocycles. The molecule has 2 aromatic rings. The molecule has 0 saturated carbocycles. The first kappa shape index (κ1) is 13.9. The van der Waals surface area contributed by atoms with E-state index in [9.17, 15) is 0 Å². The summed E-state index contributed by atoms with van der Waals surface area (Å²) in [6.45, 7) is 9.19. The van der Waals surface area contributed by atoms with Crippen LogP contribution in [-0.2, 0) is 6.54 Å². The molecule has 0 bridgehead atoms. The van der Waals surface area contributed by atoms with E-state index in [1.165, 1.54) is 22.3 Å². The van der Waals surface area contributed by atoms with Gasteiger partial charge in [0.05, 0.1) is 5.69 Å². The van der Waals surface area contributed by atoms with Crippen molar-refractivity contribution in [2.45, 2.75) is 34.2 Å². The Hall–Kier alpha value is -1.54. The SMILES string of the molecule is Cc1cc(C)c(CNc2cc(C)cnc2Cl)c(C)c1. The Morgan fingerprint density at radius 1 is 1.00 bits per heavy atom. The minimum Gasteiger partial charge on any atom is -0.378 e. The van der Waals surface area contributed by atoms with E-state index in [1.54, 1.807) is 6.20 Å². The van der Waals surface area contributed by atoms with E-state index >= 15 is 0 Å². The lowest BCUT2D eigenvalue weighted by Gasteiger charge is -2.14. The minimum absolute atomic E-state index is 0.521. The van der Waals surface area contributed by atoms with Crippen molar-refractivity contribution in [3.8, 4) is 0 Å². The molecule has 1 aromatic heterocycles. The molecule has 0 fully saturated rings. The maximum atomic E-state index is 6.09. The second-order valence-corrected chi connectivity index (χ2v) is 5.44. The predicted octanol–water partition coefficient (Wildman–Crippen LogP) is 4.58. The first-order chi connectivity index (χ1) is 8.97. The summed E-state index contributed by atoms with van der Waals surface area (Å²) in [5, 5.41) is 3.90. The highest BCUT2D eigenvalue weighted by atomic mass is 35.5. The molecule has 1 N–H and O–H groups in total. The standard InChI is InChI=1S/C16H19ClN2/c1-10-5-12(3)14(13(4)6-10)9-18-15-7-11(2)8-19-16(15)17/h5-8,18H,9H2,1-4H3. The van der Waals surface area contributed by atoms with E-state index in [0.717, 1.165) is 17.8 Å². The van der Waals surface area contributed by atoms with Gasteiger partial charge in [0, 0.05) is 12.7 Å². The van der Waals surface area contributed by atoms with Gasteiger partial charge in [-0.1, -0.05) is 29.3 Å². The van der Waals surface area contributed by atoms with Gasteiger partial charge >= 0.3 is 0 Å². The van der Waals surface area contributed by atoms with Gasteiger partial charge in [0.1, 0.15) is 0 Å². The molecule has 0 unspecified atom stereocenters. The molecule has 3 heteroatoms. The van der Waals surface area contributed by atoms with Crippen LogP contribution < -0.4 is 5.32 Å². The molecule has 100 valence electrons. The van der Waals surface area contributed by atoms with E-state index in [4.69, 9.17) is 11.6 Å². The van der Waals surface area contributed by atoms with Gasteiger partial charge in [0.25, 0.3) is 0 Å². The van der Waals surface area contributed by atoms with E-state index in [2.05, 4.69) is 43.2 Å². The third kappa shape index (κ3) is 3.27. The van der Waals surface area contributed by atoms with Crippen LogP contribution in [0.1, 0.15) is 27.8 Å². The molecule has 2 rings (SSSR count). The average Bonchev–Trinajstić information content (AvgIpc) is 2.32. The molecule has 0 spiro atoms. The predicted molar refractivity (Wildman–Crippen MR) is 82.0 cm³/mol. The van der Waals surface area contributed by atoms with Gasteiger partial charge in [-0.3, -0.25) is 0 Å².